The van der Waals surface area contributed by atoms with Crippen LogP contribution in [0.5, 0.6) is 0 Å². The normalized spacial score (nSPS) is 29.0. The lowest BCUT2D eigenvalue weighted by Gasteiger charge is -2.40. The number of hydrogen-bond donors (Lipinski definition) is 3. The van der Waals surface area contributed by atoms with Crippen LogP contribution < -0.4 is 21.6 Å². The SMILES string of the molecule is C[C@@H]1CCC[C@H](n2cnc(-c3cc(Cl)ccc3-n3cc(Cl)nn3)cc2=O)C2CC(CCN2)C2NN(S(C)(=O)=O)CC2NC1. The highest BCUT2D eigenvalue weighted by Gasteiger charge is 2.43. The fourth-order valence-electron chi connectivity index (χ4n) is 6.80. The van der Waals surface area contributed by atoms with Crippen molar-refractivity contribution in [2.75, 3.05) is 25.9 Å². The molecule has 0 radical (unpaired) electrons. The third-order valence-corrected chi connectivity index (χ3v) is 10.5. The second-order valence-corrected chi connectivity index (χ2v) is 14.8. The lowest BCUT2D eigenvalue weighted by Crippen LogP contribution is -2.54. The summed E-state index contributed by atoms with van der Waals surface area (Å²) in [6.07, 6.45) is 8.98. The Morgan fingerprint density at radius 1 is 1.07 bits per heavy atom. The van der Waals surface area contributed by atoms with E-state index in [0.29, 0.717) is 34.4 Å². The molecule has 232 valence electrons. The largest absolute Gasteiger partial charge is 0.312 e. The van der Waals surface area contributed by atoms with Gasteiger partial charge in [-0.1, -0.05) is 41.8 Å². The van der Waals surface area contributed by atoms with Gasteiger partial charge in [-0.25, -0.2) is 23.5 Å². The molecule has 6 atom stereocenters. The van der Waals surface area contributed by atoms with Gasteiger partial charge in [0, 0.05) is 41.3 Å². The van der Waals surface area contributed by atoms with Gasteiger partial charge in [-0.2, -0.15) is 0 Å². The Hall–Kier alpha value is -2.39. The highest BCUT2D eigenvalue weighted by Crippen LogP contribution is 2.33. The molecule has 3 aliphatic heterocycles. The van der Waals surface area contributed by atoms with Crippen LogP contribution >= 0.6 is 23.2 Å². The smallest absolute Gasteiger partial charge is 0.254 e. The van der Waals surface area contributed by atoms with Crippen LogP contribution in [0.3, 0.4) is 0 Å². The van der Waals surface area contributed by atoms with Crippen LogP contribution in [0.2, 0.25) is 10.2 Å². The molecule has 0 saturated carbocycles. The van der Waals surface area contributed by atoms with Crippen molar-refractivity contribution in [3.8, 4) is 16.9 Å². The number of hydrogen-bond acceptors (Lipinski definition) is 9. The summed E-state index contributed by atoms with van der Waals surface area (Å²) in [5, 5.41) is 16.0. The van der Waals surface area contributed by atoms with Crippen LogP contribution in [0.4, 0.5) is 0 Å². The highest BCUT2D eigenvalue weighted by atomic mass is 35.5. The number of hydrazine groups is 1. The summed E-state index contributed by atoms with van der Waals surface area (Å²) in [5.41, 5.74) is 4.94. The maximum absolute atomic E-state index is 13.8. The quantitative estimate of drug-likeness (QED) is 0.389. The lowest BCUT2D eigenvalue weighted by atomic mass is 9.80. The van der Waals surface area contributed by atoms with Gasteiger partial charge in [0.25, 0.3) is 5.56 Å². The molecule has 15 heteroatoms. The standard InChI is InChI=1S/C28H37Cl2N9O3S/c1-17-4-3-5-25(22-10-18(8-9-31-22)28-23(32-13-17)14-39(35-28)43(2,41)42)37-16-33-21(12-27(37)40)20-11-19(29)6-7-24(20)38-15-26(30)34-36-38/h6-7,11-12,15-18,22-23,25,28,31-32,35H,3-5,8-10,13-14H2,1-2H3/t17-,18?,22?,23?,25+,28?/m1/s1. The summed E-state index contributed by atoms with van der Waals surface area (Å²) in [6.45, 7) is 4.23. The highest BCUT2D eigenvalue weighted by molar-refractivity contribution is 7.88. The van der Waals surface area contributed by atoms with Gasteiger partial charge in [-0.15, -0.1) is 9.51 Å². The third kappa shape index (κ3) is 6.68. The van der Waals surface area contributed by atoms with Gasteiger partial charge in [0.15, 0.2) is 5.15 Å². The van der Waals surface area contributed by atoms with Crippen molar-refractivity contribution in [1.82, 2.24) is 45.0 Å². The van der Waals surface area contributed by atoms with E-state index in [4.69, 9.17) is 28.2 Å². The Labute approximate surface area is 261 Å². The molecular weight excluding hydrogens is 613 g/mol. The average molecular weight is 651 g/mol. The number of piperidine rings is 1. The molecular formula is C28H37Cl2N9O3S. The predicted octanol–water partition coefficient (Wildman–Crippen LogP) is 2.63. The average Bonchev–Trinajstić information content (AvgIpc) is 3.61. The van der Waals surface area contributed by atoms with E-state index in [1.54, 1.807) is 41.4 Å². The molecule has 2 bridgehead atoms. The number of rotatable bonds is 4. The third-order valence-electron chi connectivity index (χ3n) is 9.01. The van der Waals surface area contributed by atoms with Gasteiger partial charge in [0.2, 0.25) is 10.0 Å². The molecule has 0 spiro atoms. The number of nitrogens with one attached hydrogen (secondary N) is 3. The van der Waals surface area contributed by atoms with E-state index < -0.39 is 10.0 Å². The number of nitrogens with zero attached hydrogens (tertiary/aromatic N) is 6. The first-order valence-electron chi connectivity index (χ1n) is 14.7. The molecule has 3 N–H and O–H groups in total. The van der Waals surface area contributed by atoms with E-state index in [9.17, 15) is 13.2 Å². The maximum atomic E-state index is 13.8. The number of aromatic nitrogens is 5. The van der Waals surface area contributed by atoms with Gasteiger partial charge in [-0.3, -0.25) is 9.36 Å². The van der Waals surface area contributed by atoms with Gasteiger partial charge in [-0.05, 0) is 68.8 Å². The fraction of sp³-hybridized carbons (Fsp3) is 0.571. The van der Waals surface area contributed by atoms with Crippen LogP contribution in [-0.2, 0) is 10.0 Å². The lowest BCUT2D eigenvalue weighted by molar-refractivity contribution is 0.171. The zero-order valence-corrected chi connectivity index (χ0v) is 26.5. The zero-order valence-electron chi connectivity index (χ0n) is 24.2. The zero-order chi connectivity index (χ0) is 30.3. The molecule has 4 unspecified atom stereocenters. The van der Waals surface area contributed by atoms with Crippen molar-refractivity contribution in [1.29, 1.82) is 0 Å². The fourth-order valence-corrected chi connectivity index (χ4v) is 7.85. The summed E-state index contributed by atoms with van der Waals surface area (Å²) >= 11 is 12.4. The Morgan fingerprint density at radius 2 is 1.91 bits per heavy atom. The number of fused-ring (bicyclic) bond motifs is 4. The van der Waals surface area contributed by atoms with E-state index in [1.807, 2.05) is 0 Å². The van der Waals surface area contributed by atoms with Gasteiger partial charge < -0.3 is 10.6 Å². The summed E-state index contributed by atoms with van der Waals surface area (Å²) in [7, 11) is -3.38. The minimum Gasteiger partial charge on any atom is -0.312 e. The molecule has 2 aromatic heterocycles. The molecule has 43 heavy (non-hydrogen) atoms. The molecule has 12 nitrogen and oxygen atoms in total. The van der Waals surface area contributed by atoms with Crippen LogP contribution in [0, 0.1) is 11.8 Å². The second kappa shape index (κ2) is 12.5. The molecule has 5 heterocycles. The van der Waals surface area contributed by atoms with Crippen molar-refractivity contribution in [3.05, 3.63) is 57.3 Å². The van der Waals surface area contributed by atoms with E-state index in [-0.39, 0.29) is 40.8 Å². The Morgan fingerprint density at radius 3 is 2.65 bits per heavy atom. The van der Waals surface area contributed by atoms with Crippen molar-refractivity contribution in [2.24, 2.45) is 11.8 Å². The summed E-state index contributed by atoms with van der Waals surface area (Å²) in [6, 6.07) is 6.77. The minimum absolute atomic E-state index is 0.0182. The Bertz CT molecular complexity index is 1630. The van der Waals surface area contributed by atoms with Gasteiger partial charge in [0.05, 0.1) is 36.2 Å². The molecule has 3 saturated heterocycles. The van der Waals surface area contributed by atoms with Crippen molar-refractivity contribution < 1.29 is 8.42 Å². The van der Waals surface area contributed by atoms with Crippen LogP contribution in [-0.4, -0.2) is 81.4 Å². The Balaban J connectivity index is 1.32. The van der Waals surface area contributed by atoms with Gasteiger partial charge >= 0.3 is 0 Å². The van der Waals surface area contributed by atoms with Crippen molar-refractivity contribution in [3.63, 3.8) is 0 Å². The van der Waals surface area contributed by atoms with Crippen LogP contribution in [0.1, 0.15) is 45.1 Å². The molecule has 6 rings (SSSR count). The first kappa shape index (κ1) is 30.6. The second-order valence-electron chi connectivity index (χ2n) is 12.1. The Kier molecular flexibility index (Phi) is 8.93. The molecule has 0 amide bonds. The molecule has 3 aromatic rings. The predicted molar refractivity (Wildman–Crippen MR) is 166 cm³/mol. The molecule has 3 fully saturated rings. The number of halogens is 2. The molecule has 1 aromatic carbocycles. The summed E-state index contributed by atoms with van der Waals surface area (Å²) in [4.78, 5) is 18.5. The van der Waals surface area contributed by atoms with E-state index in [0.717, 1.165) is 45.2 Å². The van der Waals surface area contributed by atoms with Crippen molar-refractivity contribution in [2.45, 2.75) is 63.2 Å². The van der Waals surface area contributed by atoms with Crippen LogP contribution in [0.25, 0.3) is 16.9 Å². The van der Waals surface area contributed by atoms with E-state index in [2.05, 4.69) is 33.3 Å². The number of sulfonamides is 1. The monoisotopic (exact) mass is 649 g/mol. The molecule has 3 aliphatic rings. The first-order valence-corrected chi connectivity index (χ1v) is 17.3. The van der Waals surface area contributed by atoms with E-state index in [1.165, 1.54) is 15.4 Å². The number of benzene rings is 1. The van der Waals surface area contributed by atoms with Gasteiger partial charge in [0.1, 0.15) is 0 Å². The van der Waals surface area contributed by atoms with Crippen LogP contribution in [0.15, 0.2) is 41.6 Å². The topological polar surface area (TPSA) is 139 Å². The van der Waals surface area contributed by atoms with Crippen molar-refractivity contribution >= 4 is 33.2 Å². The summed E-state index contributed by atoms with van der Waals surface area (Å²) < 4.78 is 29.5. The summed E-state index contributed by atoms with van der Waals surface area (Å²) in [5.74, 6) is 0.642. The molecule has 0 aliphatic carbocycles. The minimum atomic E-state index is -3.38. The van der Waals surface area contributed by atoms with E-state index >= 15 is 0 Å². The maximum Gasteiger partial charge on any atom is 0.254 e. The first-order chi connectivity index (χ1) is 20.6.